The Balaban J connectivity index is 2.03. The van der Waals surface area contributed by atoms with Crippen LogP contribution in [0.3, 0.4) is 0 Å². The minimum Gasteiger partial charge on any atom is -0.166 e. The SMILES string of the molecule is Cc1c(Br)cc(CCc2ccc(Cl)cc2)c(Cl)c1-c1ccc(Cl)c(C(F)(F)F)c1. The number of halogens is 7. The molecule has 7 heteroatoms. The third kappa shape index (κ3) is 5.11. The van der Waals surface area contributed by atoms with E-state index < -0.39 is 11.7 Å². The first-order chi connectivity index (χ1) is 13.6. The van der Waals surface area contributed by atoms with Crippen LogP contribution in [0.5, 0.6) is 0 Å². The lowest BCUT2D eigenvalue weighted by molar-refractivity contribution is -0.137. The van der Waals surface area contributed by atoms with Crippen molar-refractivity contribution in [3.05, 3.63) is 90.3 Å². The predicted octanol–water partition coefficient (Wildman–Crippen LogP) is 9.19. The summed E-state index contributed by atoms with van der Waals surface area (Å²) in [6.07, 6.45) is -3.19. The highest BCUT2D eigenvalue weighted by Crippen LogP contribution is 2.42. The van der Waals surface area contributed by atoms with Crippen molar-refractivity contribution in [2.24, 2.45) is 0 Å². The summed E-state index contributed by atoms with van der Waals surface area (Å²) in [6.45, 7) is 1.82. The summed E-state index contributed by atoms with van der Waals surface area (Å²) >= 11 is 21.9. The second kappa shape index (κ2) is 8.89. The van der Waals surface area contributed by atoms with E-state index in [1.165, 1.54) is 6.07 Å². The van der Waals surface area contributed by atoms with Crippen LogP contribution in [0.25, 0.3) is 11.1 Å². The van der Waals surface area contributed by atoms with Gasteiger partial charge in [-0.05, 0) is 72.4 Å². The summed E-state index contributed by atoms with van der Waals surface area (Å²) in [7, 11) is 0. The molecule has 0 aliphatic carbocycles. The number of rotatable bonds is 4. The highest BCUT2D eigenvalue weighted by Gasteiger charge is 2.33. The minimum atomic E-state index is -4.54. The van der Waals surface area contributed by atoms with Crippen LogP contribution in [-0.2, 0) is 19.0 Å². The van der Waals surface area contributed by atoms with Gasteiger partial charge >= 0.3 is 6.18 Å². The second-order valence-electron chi connectivity index (χ2n) is 6.65. The van der Waals surface area contributed by atoms with Gasteiger partial charge < -0.3 is 0 Å². The van der Waals surface area contributed by atoms with Crippen molar-refractivity contribution in [3.8, 4) is 11.1 Å². The standard InChI is InChI=1S/C22H15BrCl3F3/c1-12-18(23)11-15(5-2-13-3-7-16(24)8-4-13)21(26)20(12)14-6-9-19(25)17(10-14)22(27,28)29/h3-4,6-11H,2,5H2,1H3. The molecule has 0 spiro atoms. The van der Waals surface area contributed by atoms with E-state index in [0.717, 1.165) is 33.7 Å². The van der Waals surface area contributed by atoms with Crippen molar-refractivity contribution in [1.82, 2.24) is 0 Å². The molecule has 0 fully saturated rings. The predicted molar refractivity (Wildman–Crippen MR) is 118 cm³/mol. The summed E-state index contributed by atoms with van der Waals surface area (Å²) in [4.78, 5) is 0. The molecule has 0 saturated carbocycles. The molecule has 29 heavy (non-hydrogen) atoms. The molecule has 0 heterocycles. The van der Waals surface area contributed by atoms with E-state index in [4.69, 9.17) is 34.8 Å². The molecule has 0 atom stereocenters. The van der Waals surface area contributed by atoms with Gasteiger partial charge in [0.1, 0.15) is 0 Å². The van der Waals surface area contributed by atoms with Crippen LogP contribution in [0.2, 0.25) is 15.1 Å². The average molecular weight is 523 g/mol. The molecule has 0 aliphatic rings. The normalized spacial score (nSPS) is 11.7. The zero-order chi connectivity index (χ0) is 21.3. The van der Waals surface area contributed by atoms with E-state index in [1.54, 1.807) is 6.07 Å². The molecule has 0 unspecified atom stereocenters. The third-order valence-electron chi connectivity index (χ3n) is 4.69. The molecule has 0 bridgehead atoms. The van der Waals surface area contributed by atoms with Crippen molar-refractivity contribution in [2.45, 2.75) is 25.9 Å². The van der Waals surface area contributed by atoms with Gasteiger partial charge in [-0.25, -0.2) is 0 Å². The average Bonchev–Trinajstić information content (AvgIpc) is 2.65. The van der Waals surface area contributed by atoms with E-state index in [1.807, 2.05) is 37.3 Å². The number of hydrogen-bond donors (Lipinski definition) is 0. The Kier molecular flexibility index (Phi) is 6.89. The Labute approximate surface area is 190 Å². The number of aryl methyl sites for hydroxylation is 2. The fourth-order valence-electron chi connectivity index (χ4n) is 3.12. The summed E-state index contributed by atoms with van der Waals surface area (Å²) in [5.41, 5.74) is 2.76. The summed E-state index contributed by atoms with van der Waals surface area (Å²) in [6, 6.07) is 13.3. The highest BCUT2D eigenvalue weighted by atomic mass is 79.9. The minimum absolute atomic E-state index is 0.340. The van der Waals surface area contributed by atoms with Crippen LogP contribution < -0.4 is 0 Å². The van der Waals surface area contributed by atoms with Gasteiger partial charge in [0.2, 0.25) is 0 Å². The molecule has 3 aromatic rings. The largest absolute Gasteiger partial charge is 0.417 e. The Morgan fingerprint density at radius 2 is 1.55 bits per heavy atom. The van der Waals surface area contributed by atoms with Crippen LogP contribution in [-0.4, -0.2) is 0 Å². The van der Waals surface area contributed by atoms with Gasteiger partial charge in [0.05, 0.1) is 15.6 Å². The van der Waals surface area contributed by atoms with Gasteiger partial charge in [-0.1, -0.05) is 68.9 Å². The maximum atomic E-state index is 13.3. The second-order valence-corrected chi connectivity index (χ2v) is 8.73. The number of hydrogen-bond acceptors (Lipinski definition) is 0. The molecule has 0 N–H and O–H groups in total. The maximum Gasteiger partial charge on any atom is 0.417 e. The molecule has 0 saturated heterocycles. The van der Waals surface area contributed by atoms with Crippen molar-refractivity contribution in [2.75, 3.05) is 0 Å². The maximum absolute atomic E-state index is 13.3. The number of benzene rings is 3. The molecular weight excluding hydrogens is 507 g/mol. The van der Waals surface area contributed by atoms with Crippen LogP contribution in [0.15, 0.2) is 53.0 Å². The first kappa shape index (κ1) is 22.5. The van der Waals surface area contributed by atoms with Crippen molar-refractivity contribution in [1.29, 1.82) is 0 Å². The lowest BCUT2D eigenvalue weighted by Crippen LogP contribution is -2.06. The Hall–Kier alpha value is -1.20. The Bertz CT molecular complexity index is 1040. The molecule has 0 nitrogen and oxygen atoms in total. The summed E-state index contributed by atoms with van der Waals surface area (Å²) < 4.78 is 40.7. The molecular formula is C22H15BrCl3F3. The van der Waals surface area contributed by atoms with Crippen molar-refractivity contribution < 1.29 is 13.2 Å². The summed E-state index contributed by atoms with van der Waals surface area (Å²) in [5.74, 6) is 0. The van der Waals surface area contributed by atoms with E-state index in [-0.39, 0.29) is 5.02 Å². The van der Waals surface area contributed by atoms with Crippen LogP contribution in [0.1, 0.15) is 22.3 Å². The van der Waals surface area contributed by atoms with Crippen LogP contribution >= 0.6 is 50.7 Å². The van der Waals surface area contributed by atoms with Crippen molar-refractivity contribution >= 4 is 50.7 Å². The van der Waals surface area contributed by atoms with Crippen molar-refractivity contribution in [3.63, 3.8) is 0 Å². The smallest absolute Gasteiger partial charge is 0.166 e. The molecule has 0 radical (unpaired) electrons. The Morgan fingerprint density at radius 3 is 2.17 bits per heavy atom. The molecule has 0 aromatic heterocycles. The third-order valence-corrected chi connectivity index (χ3v) is 6.53. The fourth-order valence-corrected chi connectivity index (χ4v) is 4.35. The molecule has 3 aromatic carbocycles. The zero-order valence-corrected chi connectivity index (χ0v) is 19.0. The highest BCUT2D eigenvalue weighted by molar-refractivity contribution is 9.10. The van der Waals surface area contributed by atoms with E-state index in [0.29, 0.717) is 27.6 Å². The zero-order valence-electron chi connectivity index (χ0n) is 15.2. The van der Waals surface area contributed by atoms with Gasteiger partial charge in [-0.3, -0.25) is 0 Å². The molecule has 0 aliphatic heterocycles. The van der Waals surface area contributed by atoms with E-state index in [9.17, 15) is 13.2 Å². The lowest BCUT2D eigenvalue weighted by Gasteiger charge is -2.17. The van der Waals surface area contributed by atoms with Gasteiger partial charge in [0.15, 0.2) is 0 Å². The molecule has 152 valence electrons. The number of alkyl halides is 3. The van der Waals surface area contributed by atoms with Crippen LogP contribution in [0.4, 0.5) is 13.2 Å². The van der Waals surface area contributed by atoms with E-state index in [2.05, 4.69) is 15.9 Å². The van der Waals surface area contributed by atoms with Gasteiger partial charge in [-0.2, -0.15) is 13.2 Å². The molecule has 0 amide bonds. The van der Waals surface area contributed by atoms with Crippen LogP contribution in [0, 0.1) is 6.92 Å². The quantitative estimate of drug-likeness (QED) is 0.320. The Morgan fingerprint density at radius 1 is 0.897 bits per heavy atom. The van der Waals surface area contributed by atoms with E-state index >= 15 is 0 Å². The van der Waals surface area contributed by atoms with Gasteiger partial charge in [0.25, 0.3) is 0 Å². The first-order valence-electron chi connectivity index (χ1n) is 8.67. The lowest BCUT2D eigenvalue weighted by atomic mass is 9.94. The van der Waals surface area contributed by atoms with Gasteiger partial charge in [-0.15, -0.1) is 0 Å². The first-order valence-corrected chi connectivity index (χ1v) is 10.6. The fraction of sp³-hybridized carbons (Fsp3) is 0.182. The van der Waals surface area contributed by atoms with Gasteiger partial charge in [0, 0.05) is 15.1 Å². The molecule has 3 rings (SSSR count). The topological polar surface area (TPSA) is 0 Å². The summed E-state index contributed by atoms with van der Waals surface area (Å²) in [5, 5.41) is 0.762. The monoisotopic (exact) mass is 520 g/mol.